The van der Waals surface area contributed by atoms with Crippen molar-refractivity contribution in [3.8, 4) is 0 Å². The van der Waals surface area contributed by atoms with Crippen LogP contribution >= 0.6 is 0 Å². The maximum atomic E-state index is 13.3. The van der Waals surface area contributed by atoms with Gasteiger partial charge in [-0.25, -0.2) is 8.42 Å². The van der Waals surface area contributed by atoms with E-state index in [4.69, 9.17) is 0 Å². The Balaban J connectivity index is 1.84. The minimum absolute atomic E-state index is 0.142. The number of rotatable bonds is 7. The van der Waals surface area contributed by atoms with Gasteiger partial charge in [-0.05, 0) is 61.7 Å². The van der Waals surface area contributed by atoms with Crippen molar-refractivity contribution in [3.05, 3.63) is 95.6 Å². The number of benzene rings is 3. The summed E-state index contributed by atoms with van der Waals surface area (Å²) in [7, 11) is -3.89. The largest absolute Gasteiger partial charge is 0.348 e. The third-order valence-electron chi connectivity index (χ3n) is 5.07. The molecule has 156 valence electrons. The quantitative estimate of drug-likeness (QED) is 0.615. The Bertz CT molecular complexity index is 1110. The molecule has 3 aromatic carbocycles. The number of carbonyl (C=O) groups excluding carboxylic acids is 1. The van der Waals surface area contributed by atoms with Crippen LogP contribution in [0.25, 0.3) is 0 Å². The molecule has 1 amide bonds. The van der Waals surface area contributed by atoms with Crippen molar-refractivity contribution >= 4 is 21.6 Å². The van der Waals surface area contributed by atoms with Gasteiger partial charge in [0, 0.05) is 0 Å². The van der Waals surface area contributed by atoms with Crippen LogP contribution in [-0.2, 0) is 14.8 Å². The Morgan fingerprint density at radius 1 is 0.900 bits per heavy atom. The van der Waals surface area contributed by atoms with Crippen molar-refractivity contribution in [2.24, 2.45) is 0 Å². The minimum atomic E-state index is -3.89. The molecule has 6 heteroatoms. The Morgan fingerprint density at radius 2 is 1.50 bits per heavy atom. The molecule has 0 saturated heterocycles. The number of sulfonamides is 1. The van der Waals surface area contributed by atoms with Crippen molar-refractivity contribution < 1.29 is 13.2 Å². The molecule has 0 aliphatic rings. The molecule has 3 rings (SSSR count). The molecule has 3 aromatic rings. The van der Waals surface area contributed by atoms with Crippen LogP contribution in [0, 0.1) is 13.8 Å². The number of anilines is 1. The van der Waals surface area contributed by atoms with E-state index in [-0.39, 0.29) is 23.4 Å². The standard InChI is InChI=1S/C24H26N2O3S/c1-18-14-15-21(16-19(18)2)20(3)25-24(27)17-26(22-10-6-4-7-11-22)30(28,29)23-12-8-5-9-13-23/h4-16,20H,17H2,1-3H3,(H,25,27)/t20-/m1/s1. The fourth-order valence-corrected chi connectivity index (χ4v) is 4.61. The number of nitrogens with one attached hydrogen (secondary N) is 1. The summed E-state index contributed by atoms with van der Waals surface area (Å²) in [5.74, 6) is -0.371. The molecule has 0 aliphatic carbocycles. The smallest absolute Gasteiger partial charge is 0.264 e. The number of nitrogens with zero attached hydrogens (tertiary/aromatic N) is 1. The minimum Gasteiger partial charge on any atom is -0.348 e. The molecule has 0 radical (unpaired) electrons. The lowest BCUT2D eigenvalue weighted by Gasteiger charge is -2.25. The molecule has 5 nitrogen and oxygen atoms in total. The van der Waals surface area contributed by atoms with Crippen LogP contribution in [0.4, 0.5) is 5.69 Å². The highest BCUT2D eigenvalue weighted by molar-refractivity contribution is 7.92. The normalized spacial score (nSPS) is 12.2. The van der Waals surface area contributed by atoms with Gasteiger partial charge in [0.1, 0.15) is 6.54 Å². The van der Waals surface area contributed by atoms with E-state index in [1.165, 1.54) is 17.7 Å². The monoisotopic (exact) mass is 422 g/mol. The second-order valence-electron chi connectivity index (χ2n) is 7.29. The number of amides is 1. The first-order valence-corrected chi connectivity index (χ1v) is 11.2. The lowest BCUT2D eigenvalue weighted by Crippen LogP contribution is -2.41. The van der Waals surface area contributed by atoms with Gasteiger partial charge < -0.3 is 5.32 Å². The molecule has 30 heavy (non-hydrogen) atoms. The number of aryl methyl sites for hydroxylation is 2. The zero-order valence-electron chi connectivity index (χ0n) is 17.4. The SMILES string of the molecule is Cc1ccc([C@@H](C)NC(=O)CN(c2ccccc2)S(=O)(=O)c2ccccc2)cc1C. The van der Waals surface area contributed by atoms with Gasteiger partial charge in [0.05, 0.1) is 16.6 Å². The number of para-hydroxylation sites is 1. The van der Waals surface area contributed by atoms with E-state index in [1.54, 1.807) is 48.5 Å². The highest BCUT2D eigenvalue weighted by atomic mass is 32.2. The van der Waals surface area contributed by atoms with Gasteiger partial charge in [-0.1, -0.05) is 54.6 Å². The summed E-state index contributed by atoms with van der Waals surface area (Å²) < 4.78 is 27.6. The molecule has 0 bridgehead atoms. The van der Waals surface area contributed by atoms with E-state index in [1.807, 2.05) is 39.0 Å². The first-order chi connectivity index (χ1) is 14.3. The van der Waals surface area contributed by atoms with Crippen molar-refractivity contribution in [1.82, 2.24) is 5.32 Å². The Kier molecular flexibility index (Phi) is 6.57. The summed E-state index contributed by atoms with van der Waals surface area (Å²) in [5.41, 5.74) is 3.74. The van der Waals surface area contributed by atoms with Crippen LogP contribution in [0.5, 0.6) is 0 Å². The molecule has 0 heterocycles. The first-order valence-electron chi connectivity index (χ1n) is 9.78. The van der Waals surface area contributed by atoms with Gasteiger partial charge in [0.25, 0.3) is 10.0 Å². The Labute approximate surface area is 178 Å². The van der Waals surface area contributed by atoms with Gasteiger partial charge in [-0.15, -0.1) is 0 Å². The topological polar surface area (TPSA) is 66.5 Å². The molecular weight excluding hydrogens is 396 g/mol. The summed E-state index contributed by atoms with van der Waals surface area (Å²) >= 11 is 0. The number of hydrogen-bond acceptors (Lipinski definition) is 3. The summed E-state index contributed by atoms with van der Waals surface area (Å²) in [6, 6.07) is 22.6. The predicted octanol–water partition coefficient (Wildman–Crippen LogP) is 4.38. The van der Waals surface area contributed by atoms with Crippen molar-refractivity contribution in [2.75, 3.05) is 10.8 Å². The second-order valence-corrected chi connectivity index (χ2v) is 9.16. The Morgan fingerprint density at radius 3 is 2.10 bits per heavy atom. The van der Waals surface area contributed by atoms with Crippen molar-refractivity contribution in [2.45, 2.75) is 31.7 Å². The van der Waals surface area contributed by atoms with E-state index >= 15 is 0 Å². The van der Waals surface area contributed by atoms with Gasteiger partial charge in [-0.3, -0.25) is 9.10 Å². The number of hydrogen-bond donors (Lipinski definition) is 1. The fourth-order valence-electron chi connectivity index (χ4n) is 3.16. The molecule has 1 N–H and O–H groups in total. The zero-order chi connectivity index (χ0) is 21.7. The van der Waals surface area contributed by atoms with E-state index < -0.39 is 10.0 Å². The summed E-state index contributed by atoms with van der Waals surface area (Å²) in [6.45, 7) is 5.64. The third kappa shape index (κ3) is 4.89. The van der Waals surface area contributed by atoms with E-state index in [9.17, 15) is 13.2 Å². The molecule has 0 aromatic heterocycles. The van der Waals surface area contributed by atoms with E-state index in [2.05, 4.69) is 5.32 Å². The predicted molar refractivity (Wildman–Crippen MR) is 120 cm³/mol. The van der Waals surface area contributed by atoms with Crippen LogP contribution in [-0.4, -0.2) is 20.9 Å². The fraction of sp³-hybridized carbons (Fsp3) is 0.208. The van der Waals surface area contributed by atoms with Crippen molar-refractivity contribution in [3.63, 3.8) is 0 Å². The molecule has 0 fully saturated rings. The van der Waals surface area contributed by atoms with Crippen LogP contribution < -0.4 is 9.62 Å². The second kappa shape index (κ2) is 9.13. The van der Waals surface area contributed by atoms with Gasteiger partial charge in [0.15, 0.2) is 0 Å². The molecule has 0 spiro atoms. The van der Waals surface area contributed by atoms with Crippen molar-refractivity contribution in [1.29, 1.82) is 0 Å². The van der Waals surface area contributed by atoms with Crippen LogP contribution in [0.15, 0.2) is 83.8 Å². The molecule has 0 aliphatic heterocycles. The molecule has 1 atom stereocenters. The van der Waals surface area contributed by atoms with Crippen LogP contribution in [0.2, 0.25) is 0 Å². The third-order valence-corrected chi connectivity index (χ3v) is 6.86. The van der Waals surface area contributed by atoms with E-state index in [0.29, 0.717) is 5.69 Å². The lowest BCUT2D eigenvalue weighted by molar-refractivity contribution is -0.120. The van der Waals surface area contributed by atoms with Crippen LogP contribution in [0.3, 0.4) is 0 Å². The average Bonchev–Trinajstić information content (AvgIpc) is 2.75. The number of carbonyl (C=O) groups is 1. The maximum absolute atomic E-state index is 13.3. The van der Waals surface area contributed by atoms with Gasteiger partial charge >= 0.3 is 0 Å². The van der Waals surface area contributed by atoms with Gasteiger partial charge in [-0.2, -0.15) is 0 Å². The maximum Gasteiger partial charge on any atom is 0.264 e. The van der Waals surface area contributed by atoms with Gasteiger partial charge in [0.2, 0.25) is 5.91 Å². The first kappa shape index (κ1) is 21.6. The molecule has 0 saturated carbocycles. The average molecular weight is 423 g/mol. The van der Waals surface area contributed by atoms with E-state index in [0.717, 1.165) is 15.4 Å². The zero-order valence-corrected chi connectivity index (χ0v) is 18.2. The Hall–Kier alpha value is -3.12. The molecule has 0 unspecified atom stereocenters. The lowest BCUT2D eigenvalue weighted by atomic mass is 10.0. The summed E-state index contributed by atoms with van der Waals surface area (Å²) in [6.07, 6.45) is 0. The van der Waals surface area contributed by atoms with Crippen LogP contribution in [0.1, 0.15) is 29.7 Å². The summed E-state index contributed by atoms with van der Waals surface area (Å²) in [4.78, 5) is 13.0. The summed E-state index contributed by atoms with van der Waals surface area (Å²) in [5, 5.41) is 2.92. The highest BCUT2D eigenvalue weighted by Gasteiger charge is 2.27. The molecular formula is C24H26N2O3S. The highest BCUT2D eigenvalue weighted by Crippen LogP contribution is 2.23.